The van der Waals surface area contributed by atoms with Crippen LogP contribution in [0.4, 0.5) is 0 Å². The molecule has 3 heteroatoms. The molecule has 23 heavy (non-hydrogen) atoms. The molecule has 0 aliphatic carbocycles. The highest BCUT2D eigenvalue weighted by molar-refractivity contribution is 6.15. The van der Waals surface area contributed by atoms with Gasteiger partial charge in [-0.25, -0.2) is 0 Å². The van der Waals surface area contributed by atoms with Crippen LogP contribution in [-0.4, -0.2) is 25.5 Å². The summed E-state index contributed by atoms with van der Waals surface area (Å²) in [7, 11) is 3.34. The van der Waals surface area contributed by atoms with E-state index in [4.69, 9.17) is 14.5 Å². The maximum absolute atomic E-state index is 5.48. The summed E-state index contributed by atoms with van der Waals surface area (Å²) in [6, 6.07) is 12.6. The molecule has 0 N–H and O–H groups in total. The van der Waals surface area contributed by atoms with E-state index in [1.54, 1.807) is 14.2 Å². The molecular weight excluding hydrogens is 286 g/mol. The lowest BCUT2D eigenvalue weighted by atomic mass is 9.84. The minimum Gasteiger partial charge on any atom is -0.493 e. The van der Waals surface area contributed by atoms with Gasteiger partial charge in [0.15, 0.2) is 11.5 Å². The fraction of sp³-hybridized carbons (Fsp3) is 0.350. The van der Waals surface area contributed by atoms with Crippen LogP contribution < -0.4 is 9.47 Å². The van der Waals surface area contributed by atoms with E-state index >= 15 is 0 Å². The van der Waals surface area contributed by atoms with Gasteiger partial charge in [-0.2, -0.15) is 0 Å². The van der Waals surface area contributed by atoms with Gasteiger partial charge in [-0.05, 0) is 44.9 Å². The van der Waals surface area contributed by atoms with Gasteiger partial charge in [-0.1, -0.05) is 29.8 Å². The van der Waals surface area contributed by atoms with E-state index in [9.17, 15) is 0 Å². The topological polar surface area (TPSA) is 30.8 Å². The first-order valence-electron chi connectivity index (χ1n) is 7.86. The van der Waals surface area contributed by atoms with Crippen molar-refractivity contribution >= 4 is 5.71 Å². The smallest absolute Gasteiger partial charge is 0.161 e. The Bertz CT molecular complexity index is 758. The third-order valence-corrected chi connectivity index (χ3v) is 4.23. The summed E-state index contributed by atoms with van der Waals surface area (Å²) in [5, 5.41) is 0. The van der Waals surface area contributed by atoms with Crippen molar-refractivity contribution in [1.82, 2.24) is 0 Å². The Morgan fingerprint density at radius 3 is 2.17 bits per heavy atom. The quantitative estimate of drug-likeness (QED) is 0.851. The molecule has 0 saturated heterocycles. The minimum absolute atomic E-state index is 0.132. The number of methoxy groups -OCH3 is 2. The van der Waals surface area contributed by atoms with Gasteiger partial charge < -0.3 is 9.47 Å². The number of nitrogens with zero attached hydrogens (tertiary/aromatic N) is 1. The van der Waals surface area contributed by atoms with Crippen LogP contribution in [0.15, 0.2) is 41.4 Å². The van der Waals surface area contributed by atoms with Crippen LogP contribution in [0.25, 0.3) is 0 Å². The first-order chi connectivity index (χ1) is 10.9. The zero-order valence-corrected chi connectivity index (χ0v) is 14.4. The lowest BCUT2D eigenvalue weighted by Crippen LogP contribution is -2.29. The molecular formula is C20H23NO2. The number of hydrogen-bond donors (Lipinski definition) is 0. The molecule has 0 unspecified atom stereocenters. The zero-order valence-electron chi connectivity index (χ0n) is 14.4. The molecule has 2 aromatic carbocycles. The largest absolute Gasteiger partial charge is 0.493 e. The summed E-state index contributed by atoms with van der Waals surface area (Å²) in [4.78, 5) is 5.01. The van der Waals surface area contributed by atoms with Gasteiger partial charge >= 0.3 is 0 Å². The average molecular weight is 309 g/mol. The molecule has 0 radical (unpaired) electrons. The summed E-state index contributed by atoms with van der Waals surface area (Å²) in [6.07, 6.45) is 0.887. The predicted octanol–water partition coefficient (Wildman–Crippen LogP) is 4.18. The number of fused-ring (bicyclic) bond motifs is 1. The second-order valence-electron chi connectivity index (χ2n) is 6.68. The fourth-order valence-corrected chi connectivity index (χ4v) is 3.09. The normalized spacial score (nSPS) is 15.6. The molecule has 3 rings (SSSR count). The van der Waals surface area contributed by atoms with Crippen molar-refractivity contribution in [2.45, 2.75) is 32.7 Å². The van der Waals surface area contributed by atoms with E-state index in [0.717, 1.165) is 34.8 Å². The van der Waals surface area contributed by atoms with Crippen molar-refractivity contribution in [2.75, 3.05) is 14.2 Å². The molecule has 0 spiro atoms. The third kappa shape index (κ3) is 2.96. The van der Waals surface area contributed by atoms with Crippen molar-refractivity contribution in [3.63, 3.8) is 0 Å². The summed E-state index contributed by atoms with van der Waals surface area (Å²) < 4.78 is 10.9. The molecule has 1 aliphatic heterocycles. The third-order valence-electron chi connectivity index (χ3n) is 4.23. The van der Waals surface area contributed by atoms with E-state index < -0.39 is 0 Å². The van der Waals surface area contributed by atoms with Gasteiger partial charge in [0.05, 0.1) is 25.5 Å². The van der Waals surface area contributed by atoms with Gasteiger partial charge in [0, 0.05) is 11.1 Å². The molecule has 0 atom stereocenters. The first-order valence-corrected chi connectivity index (χ1v) is 7.86. The van der Waals surface area contributed by atoms with Crippen LogP contribution in [0.2, 0.25) is 0 Å². The standard InChI is InChI=1S/C20H23NO2/c1-13-6-8-14(9-7-13)19-16-11-18(23-5)17(22-4)10-15(16)12-20(2,3)21-19/h6-11H,12H2,1-5H3. The highest BCUT2D eigenvalue weighted by Gasteiger charge is 2.29. The van der Waals surface area contributed by atoms with Crippen LogP contribution in [0.3, 0.4) is 0 Å². The molecule has 0 fully saturated rings. The van der Waals surface area contributed by atoms with Crippen molar-refractivity contribution in [3.8, 4) is 11.5 Å². The van der Waals surface area contributed by atoms with Gasteiger partial charge in [0.2, 0.25) is 0 Å². The van der Waals surface area contributed by atoms with Gasteiger partial charge in [0.25, 0.3) is 0 Å². The second-order valence-corrected chi connectivity index (χ2v) is 6.68. The van der Waals surface area contributed by atoms with Crippen molar-refractivity contribution in [2.24, 2.45) is 4.99 Å². The van der Waals surface area contributed by atoms with Crippen LogP contribution in [0.1, 0.15) is 36.1 Å². The number of benzene rings is 2. The molecule has 3 nitrogen and oxygen atoms in total. The van der Waals surface area contributed by atoms with Gasteiger partial charge in [-0.3, -0.25) is 4.99 Å². The Hall–Kier alpha value is -2.29. The minimum atomic E-state index is -0.132. The lowest BCUT2D eigenvalue weighted by molar-refractivity contribution is 0.353. The van der Waals surface area contributed by atoms with E-state index in [1.807, 2.05) is 6.07 Å². The molecule has 0 amide bonds. The van der Waals surface area contributed by atoms with E-state index in [0.29, 0.717) is 0 Å². The number of ether oxygens (including phenoxy) is 2. The SMILES string of the molecule is COc1cc2c(cc1OC)C(c1ccc(C)cc1)=NC(C)(C)C2. The van der Waals surface area contributed by atoms with Crippen LogP contribution in [0, 0.1) is 6.92 Å². The first kappa shape index (κ1) is 15.6. The molecule has 1 aliphatic rings. The molecule has 1 heterocycles. The highest BCUT2D eigenvalue weighted by atomic mass is 16.5. The van der Waals surface area contributed by atoms with Crippen molar-refractivity contribution in [3.05, 3.63) is 58.7 Å². The zero-order chi connectivity index (χ0) is 16.6. The predicted molar refractivity (Wildman–Crippen MR) is 94.1 cm³/mol. The maximum Gasteiger partial charge on any atom is 0.161 e. The highest BCUT2D eigenvalue weighted by Crippen LogP contribution is 2.37. The summed E-state index contributed by atoms with van der Waals surface area (Å²) >= 11 is 0. The monoisotopic (exact) mass is 309 g/mol. The summed E-state index contributed by atoms with van der Waals surface area (Å²) in [5.41, 5.74) is 5.65. The summed E-state index contributed by atoms with van der Waals surface area (Å²) in [5.74, 6) is 1.51. The van der Waals surface area contributed by atoms with E-state index in [2.05, 4.69) is 51.1 Å². The molecule has 2 aromatic rings. The van der Waals surface area contributed by atoms with Crippen LogP contribution >= 0.6 is 0 Å². The fourth-order valence-electron chi connectivity index (χ4n) is 3.09. The Morgan fingerprint density at radius 1 is 0.957 bits per heavy atom. The number of hydrogen-bond acceptors (Lipinski definition) is 3. The molecule has 120 valence electrons. The number of rotatable bonds is 3. The van der Waals surface area contributed by atoms with Gasteiger partial charge in [-0.15, -0.1) is 0 Å². The Balaban J connectivity index is 2.20. The average Bonchev–Trinajstić information content (AvgIpc) is 2.52. The number of aliphatic imine (C=N–C) groups is 1. The Morgan fingerprint density at radius 2 is 1.57 bits per heavy atom. The second kappa shape index (κ2) is 5.73. The van der Waals surface area contributed by atoms with Crippen LogP contribution in [0.5, 0.6) is 11.5 Å². The van der Waals surface area contributed by atoms with E-state index in [1.165, 1.54) is 11.1 Å². The van der Waals surface area contributed by atoms with Gasteiger partial charge in [0.1, 0.15) is 0 Å². The lowest BCUT2D eigenvalue weighted by Gasteiger charge is -2.30. The molecule has 0 aromatic heterocycles. The van der Waals surface area contributed by atoms with Crippen molar-refractivity contribution < 1.29 is 9.47 Å². The Labute approximate surface area is 138 Å². The number of aryl methyl sites for hydroxylation is 1. The Kier molecular flexibility index (Phi) is 3.88. The molecule has 0 saturated carbocycles. The maximum atomic E-state index is 5.48. The van der Waals surface area contributed by atoms with E-state index in [-0.39, 0.29) is 5.54 Å². The molecule has 0 bridgehead atoms. The van der Waals surface area contributed by atoms with Crippen LogP contribution in [-0.2, 0) is 6.42 Å². The summed E-state index contributed by atoms with van der Waals surface area (Å²) in [6.45, 7) is 6.43. The van der Waals surface area contributed by atoms with Crippen molar-refractivity contribution in [1.29, 1.82) is 0 Å².